The number of amides is 1. The van der Waals surface area contributed by atoms with Crippen molar-refractivity contribution in [2.24, 2.45) is 0 Å². The third kappa shape index (κ3) is 5.13. The molecular formula is C21H29NO5S. The van der Waals surface area contributed by atoms with E-state index >= 15 is 0 Å². The molecule has 6 nitrogen and oxygen atoms in total. The van der Waals surface area contributed by atoms with Crippen molar-refractivity contribution in [3.63, 3.8) is 0 Å². The Bertz CT molecular complexity index is 822. The number of nitrogens with zero attached hydrogens (tertiary/aromatic N) is 1. The molecule has 0 N–H and O–H groups in total. The molecule has 2 aliphatic rings. The first-order valence-electron chi connectivity index (χ1n) is 10.0. The van der Waals surface area contributed by atoms with E-state index in [2.05, 4.69) is 0 Å². The highest BCUT2D eigenvalue weighted by molar-refractivity contribution is 7.91. The van der Waals surface area contributed by atoms with Gasteiger partial charge < -0.3 is 9.64 Å². The molecule has 7 heteroatoms. The van der Waals surface area contributed by atoms with Crippen LogP contribution in [0.4, 0.5) is 0 Å². The van der Waals surface area contributed by atoms with Gasteiger partial charge in [0.05, 0.1) is 17.1 Å². The number of esters is 1. The number of carbonyl (C=O) groups excluding carboxylic acids is 2. The fourth-order valence-electron chi connectivity index (χ4n) is 4.44. The highest BCUT2D eigenvalue weighted by Crippen LogP contribution is 2.28. The summed E-state index contributed by atoms with van der Waals surface area (Å²) in [6, 6.07) is 5.18. The van der Waals surface area contributed by atoms with Crippen LogP contribution >= 0.6 is 0 Å². The molecular weight excluding hydrogens is 378 g/mol. The van der Waals surface area contributed by atoms with Gasteiger partial charge in [0.2, 0.25) is 0 Å². The molecule has 0 bridgehead atoms. The Balaban J connectivity index is 1.69. The van der Waals surface area contributed by atoms with Gasteiger partial charge in [-0.05, 0) is 45.2 Å². The minimum Gasteiger partial charge on any atom is -0.452 e. The first-order chi connectivity index (χ1) is 13.2. The van der Waals surface area contributed by atoms with E-state index in [0.29, 0.717) is 12.0 Å². The molecule has 1 aromatic carbocycles. The normalized spacial score (nSPS) is 22.0. The van der Waals surface area contributed by atoms with E-state index in [0.717, 1.165) is 43.2 Å². The predicted molar refractivity (Wildman–Crippen MR) is 107 cm³/mol. The van der Waals surface area contributed by atoms with E-state index in [9.17, 15) is 18.0 Å². The third-order valence-corrected chi connectivity index (χ3v) is 7.39. The maximum atomic E-state index is 13.0. The predicted octanol–water partition coefficient (Wildman–Crippen LogP) is 2.81. The van der Waals surface area contributed by atoms with E-state index in [-0.39, 0.29) is 36.1 Å². The van der Waals surface area contributed by atoms with Crippen molar-refractivity contribution in [1.29, 1.82) is 0 Å². The number of rotatable bonds is 5. The summed E-state index contributed by atoms with van der Waals surface area (Å²) >= 11 is 0. The number of hydrogen-bond donors (Lipinski definition) is 0. The zero-order chi connectivity index (χ0) is 20.3. The Morgan fingerprint density at radius 1 is 1.00 bits per heavy atom. The topological polar surface area (TPSA) is 80.8 Å². The summed E-state index contributed by atoms with van der Waals surface area (Å²) in [6.07, 6.45) is 5.45. The van der Waals surface area contributed by atoms with Gasteiger partial charge in [0, 0.05) is 12.1 Å². The second-order valence-electron chi connectivity index (χ2n) is 8.10. The molecule has 0 aromatic heterocycles. The molecule has 1 amide bonds. The molecule has 2 fully saturated rings. The van der Waals surface area contributed by atoms with Crippen molar-refractivity contribution in [3.8, 4) is 0 Å². The molecule has 0 unspecified atom stereocenters. The smallest absolute Gasteiger partial charge is 0.338 e. The van der Waals surface area contributed by atoms with Gasteiger partial charge in [0.15, 0.2) is 16.4 Å². The Hall–Kier alpha value is -1.89. The molecule has 154 valence electrons. The first-order valence-corrected chi connectivity index (χ1v) is 11.8. The molecule has 1 heterocycles. The molecule has 1 atom stereocenters. The van der Waals surface area contributed by atoms with Gasteiger partial charge in [-0.15, -0.1) is 0 Å². The number of aryl methyl sites for hydroxylation is 2. The molecule has 0 radical (unpaired) electrons. The molecule has 1 aliphatic heterocycles. The molecule has 1 saturated heterocycles. The average Bonchev–Trinajstić information content (AvgIpc) is 2.99. The lowest BCUT2D eigenvalue weighted by Gasteiger charge is -2.38. The van der Waals surface area contributed by atoms with Crippen LogP contribution in [0.15, 0.2) is 18.2 Å². The van der Waals surface area contributed by atoms with E-state index in [4.69, 9.17) is 4.74 Å². The summed E-state index contributed by atoms with van der Waals surface area (Å²) in [5.41, 5.74) is 2.34. The number of benzene rings is 1. The van der Waals surface area contributed by atoms with Gasteiger partial charge in [-0.25, -0.2) is 13.2 Å². The van der Waals surface area contributed by atoms with E-state index in [1.807, 2.05) is 19.9 Å². The summed E-state index contributed by atoms with van der Waals surface area (Å²) in [7, 11) is -3.10. The first kappa shape index (κ1) is 20.8. The molecule has 1 aromatic rings. The van der Waals surface area contributed by atoms with Crippen LogP contribution in [-0.4, -0.2) is 55.4 Å². The van der Waals surface area contributed by atoms with E-state index in [1.54, 1.807) is 17.0 Å². The lowest BCUT2D eigenvalue weighted by atomic mass is 9.93. The molecule has 0 spiro atoms. The number of hydrogen-bond acceptors (Lipinski definition) is 5. The fraction of sp³-hybridized carbons (Fsp3) is 0.619. The number of carbonyl (C=O) groups is 2. The van der Waals surface area contributed by atoms with E-state index < -0.39 is 15.8 Å². The second kappa shape index (κ2) is 8.64. The van der Waals surface area contributed by atoms with Crippen LogP contribution in [0.3, 0.4) is 0 Å². The standard InChI is InChI=1S/C21H29NO5S/c1-15-10-16(2)12-17(11-15)21(24)27-13-20(23)22(18-6-4-3-5-7-18)19-8-9-28(25,26)14-19/h10-12,18-19H,3-9,13-14H2,1-2H3/t19-/m1/s1. The monoisotopic (exact) mass is 407 g/mol. The fourth-order valence-corrected chi connectivity index (χ4v) is 6.15. The molecule has 1 saturated carbocycles. The van der Waals surface area contributed by atoms with Gasteiger partial charge in [-0.1, -0.05) is 36.5 Å². The van der Waals surface area contributed by atoms with Gasteiger partial charge in [-0.2, -0.15) is 0 Å². The zero-order valence-corrected chi connectivity index (χ0v) is 17.5. The van der Waals surface area contributed by atoms with Gasteiger partial charge in [0.1, 0.15) is 0 Å². The SMILES string of the molecule is Cc1cc(C)cc(C(=O)OCC(=O)N(C2CCCCC2)[C@@H]2CCS(=O)(=O)C2)c1. The van der Waals surface area contributed by atoms with Crippen molar-refractivity contribution < 1.29 is 22.7 Å². The quantitative estimate of drug-likeness (QED) is 0.701. The van der Waals surface area contributed by atoms with Crippen molar-refractivity contribution in [3.05, 3.63) is 34.9 Å². The Labute approximate surface area is 167 Å². The lowest BCUT2D eigenvalue weighted by molar-refractivity contribution is -0.140. The van der Waals surface area contributed by atoms with Crippen LogP contribution in [0.5, 0.6) is 0 Å². The molecule has 28 heavy (non-hydrogen) atoms. The van der Waals surface area contributed by atoms with Crippen molar-refractivity contribution in [1.82, 2.24) is 4.90 Å². The summed E-state index contributed by atoms with van der Waals surface area (Å²) in [4.78, 5) is 27.1. The maximum Gasteiger partial charge on any atom is 0.338 e. The third-order valence-electron chi connectivity index (χ3n) is 5.64. The molecule has 1 aliphatic carbocycles. The number of ether oxygens (including phenoxy) is 1. The Morgan fingerprint density at radius 3 is 2.21 bits per heavy atom. The van der Waals surface area contributed by atoms with Crippen LogP contribution in [0.25, 0.3) is 0 Å². The zero-order valence-electron chi connectivity index (χ0n) is 16.6. The highest BCUT2D eigenvalue weighted by atomic mass is 32.2. The van der Waals surface area contributed by atoms with Crippen LogP contribution in [0.2, 0.25) is 0 Å². The Morgan fingerprint density at radius 2 is 1.64 bits per heavy atom. The van der Waals surface area contributed by atoms with Crippen LogP contribution in [0.1, 0.15) is 60.0 Å². The lowest BCUT2D eigenvalue weighted by Crippen LogP contribution is -2.50. The highest BCUT2D eigenvalue weighted by Gasteiger charge is 2.38. The summed E-state index contributed by atoms with van der Waals surface area (Å²) < 4.78 is 29.2. The van der Waals surface area contributed by atoms with Crippen molar-refractivity contribution in [2.75, 3.05) is 18.1 Å². The maximum absolute atomic E-state index is 13.0. The average molecular weight is 408 g/mol. The van der Waals surface area contributed by atoms with Crippen LogP contribution < -0.4 is 0 Å². The van der Waals surface area contributed by atoms with Crippen molar-refractivity contribution >= 4 is 21.7 Å². The summed E-state index contributed by atoms with van der Waals surface area (Å²) in [5.74, 6) is -0.675. The minimum absolute atomic E-state index is 0.0141. The minimum atomic E-state index is -3.10. The Kier molecular flexibility index (Phi) is 6.43. The van der Waals surface area contributed by atoms with Gasteiger partial charge in [-0.3, -0.25) is 4.79 Å². The number of sulfone groups is 1. The largest absolute Gasteiger partial charge is 0.452 e. The summed E-state index contributed by atoms with van der Waals surface area (Å²) in [6.45, 7) is 3.46. The van der Waals surface area contributed by atoms with Gasteiger partial charge in [0.25, 0.3) is 5.91 Å². The second-order valence-corrected chi connectivity index (χ2v) is 10.3. The van der Waals surface area contributed by atoms with Crippen LogP contribution in [0, 0.1) is 13.8 Å². The molecule has 3 rings (SSSR count). The summed E-state index contributed by atoms with van der Waals surface area (Å²) in [5, 5.41) is 0. The van der Waals surface area contributed by atoms with E-state index in [1.165, 1.54) is 0 Å². The van der Waals surface area contributed by atoms with Crippen molar-refractivity contribution in [2.45, 2.75) is 64.5 Å². The van der Waals surface area contributed by atoms with Crippen LogP contribution in [-0.2, 0) is 19.4 Å². The van der Waals surface area contributed by atoms with Gasteiger partial charge >= 0.3 is 5.97 Å².